The summed E-state index contributed by atoms with van der Waals surface area (Å²) in [5.41, 5.74) is 1.16. The quantitative estimate of drug-likeness (QED) is 0.843. The van der Waals surface area contributed by atoms with Gasteiger partial charge in [0.05, 0.1) is 4.88 Å². The van der Waals surface area contributed by atoms with E-state index in [1.165, 1.54) is 11.3 Å². The maximum Gasteiger partial charge on any atom is 0.261 e. The minimum Gasteiger partial charge on any atom is -0.347 e. The zero-order chi connectivity index (χ0) is 11.4. The van der Waals surface area contributed by atoms with E-state index in [-0.39, 0.29) is 5.91 Å². The van der Waals surface area contributed by atoms with Crippen LogP contribution < -0.4 is 10.6 Å². The van der Waals surface area contributed by atoms with Gasteiger partial charge < -0.3 is 10.6 Å². The predicted molar refractivity (Wildman–Crippen MR) is 67.1 cm³/mol. The van der Waals surface area contributed by atoms with Crippen LogP contribution in [0.3, 0.4) is 0 Å². The van der Waals surface area contributed by atoms with Crippen LogP contribution in [0.4, 0.5) is 0 Å². The number of carbonyl (C=O) groups excluding carboxylic acids is 1. The lowest BCUT2D eigenvalue weighted by Crippen LogP contribution is -2.45. The Kier molecular flexibility index (Phi) is 3.96. The fraction of sp³-hybridized carbons (Fsp3) is 0.583. The molecule has 1 saturated heterocycles. The molecule has 1 amide bonds. The van der Waals surface area contributed by atoms with Gasteiger partial charge in [0.2, 0.25) is 0 Å². The molecule has 1 aliphatic rings. The first-order chi connectivity index (χ1) is 7.81. The highest BCUT2D eigenvalue weighted by Gasteiger charge is 2.18. The lowest BCUT2D eigenvalue weighted by molar-refractivity contribution is 0.0934. The minimum atomic E-state index is 0.0977. The smallest absolute Gasteiger partial charge is 0.261 e. The molecular formula is C12H18N2OS. The Morgan fingerprint density at radius 2 is 2.56 bits per heavy atom. The van der Waals surface area contributed by atoms with Gasteiger partial charge in [0.25, 0.3) is 5.91 Å². The van der Waals surface area contributed by atoms with Crippen molar-refractivity contribution in [2.45, 2.75) is 32.2 Å². The van der Waals surface area contributed by atoms with Crippen molar-refractivity contribution in [3.05, 3.63) is 21.9 Å². The molecular weight excluding hydrogens is 220 g/mol. The van der Waals surface area contributed by atoms with Crippen molar-refractivity contribution in [1.29, 1.82) is 0 Å². The van der Waals surface area contributed by atoms with Crippen LogP contribution in [-0.4, -0.2) is 25.0 Å². The second kappa shape index (κ2) is 5.46. The number of thiophene rings is 1. The van der Waals surface area contributed by atoms with Crippen molar-refractivity contribution in [2.24, 2.45) is 0 Å². The summed E-state index contributed by atoms with van der Waals surface area (Å²) in [4.78, 5) is 12.9. The first kappa shape index (κ1) is 11.6. The van der Waals surface area contributed by atoms with E-state index in [9.17, 15) is 4.79 Å². The molecule has 1 aromatic rings. The zero-order valence-corrected chi connectivity index (χ0v) is 10.4. The molecule has 1 aromatic heterocycles. The number of hydrogen-bond acceptors (Lipinski definition) is 3. The van der Waals surface area contributed by atoms with Crippen LogP contribution in [0.1, 0.15) is 35.0 Å². The van der Waals surface area contributed by atoms with E-state index in [1.54, 1.807) is 0 Å². The van der Waals surface area contributed by atoms with Crippen molar-refractivity contribution >= 4 is 17.2 Å². The van der Waals surface area contributed by atoms with Gasteiger partial charge in [0, 0.05) is 12.6 Å². The van der Waals surface area contributed by atoms with Crippen molar-refractivity contribution in [1.82, 2.24) is 10.6 Å². The molecule has 0 spiro atoms. The number of hydrogen-bond donors (Lipinski definition) is 2. The molecule has 3 nitrogen and oxygen atoms in total. The number of amides is 1. The van der Waals surface area contributed by atoms with Crippen LogP contribution in [0.15, 0.2) is 11.4 Å². The van der Waals surface area contributed by atoms with Gasteiger partial charge in [-0.3, -0.25) is 4.79 Å². The molecule has 0 aromatic carbocycles. The summed E-state index contributed by atoms with van der Waals surface area (Å²) in [6.07, 6.45) is 3.16. The Bertz CT molecular complexity index is 356. The Balaban J connectivity index is 1.96. The van der Waals surface area contributed by atoms with E-state index in [4.69, 9.17) is 0 Å². The normalized spacial score (nSPS) is 20.7. The maximum atomic E-state index is 12.0. The largest absolute Gasteiger partial charge is 0.347 e. The van der Waals surface area contributed by atoms with Gasteiger partial charge in [-0.05, 0) is 42.8 Å². The summed E-state index contributed by atoms with van der Waals surface area (Å²) >= 11 is 1.54. The summed E-state index contributed by atoms with van der Waals surface area (Å²) in [6.45, 7) is 4.06. The molecule has 0 radical (unpaired) electrons. The van der Waals surface area contributed by atoms with Crippen molar-refractivity contribution in [3.8, 4) is 0 Å². The molecule has 1 aliphatic heterocycles. The molecule has 0 unspecified atom stereocenters. The van der Waals surface area contributed by atoms with Gasteiger partial charge in [-0.1, -0.05) is 6.92 Å². The zero-order valence-electron chi connectivity index (χ0n) is 9.58. The molecule has 0 saturated carbocycles. The summed E-state index contributed by atoms with van der Waals surface area (Å²) in [7, 11) is 0. The van der Waals surface area contributed by atoms with E-state index in [2.05, 4.69) is 17.6 Å². The standard InChI is InChI=1S/C12H18N2OS/c1-2-9-5-7-16-11(9)12(15)14-10-4-3-6-13-8-10/h5,7,10,13H,2-4,6,8H2,1H3,(H,14,15)/t10-/m0/s1. The average molecular weight is 238 g/mol. The molecule has 1 fully saturated rings. The highest BCUT2D eigenvalue weighted by Crippen LogP contribution is 2.17. The summed E-state index contributed by atoms with van der Waals surface area (Å²) < 4.78 is 0. The second-order valence-electron chi connectivity index (χ2n) is 4.15. The molecule has 2 rings (SSSR count). The summed E-state index contributed by atoms with van der Waals surface area (Å²) in [5, 5.41) is 8.40. The van der Waals surface area contributed by atoms with E-state index >= 15 is 0 Å². The molecule has 0 aliphatic carbocycles. The molecule has 2 heterocycles. The molecule has 88 valence electrons. The monoisotopic (exact) mass is 238 g/mol. The van der Waals surface area contributed by atoms with Crippen molar-refractivity contribution in [2.75, 3.05) is 13.1 Å². The van der Waals surface area contributed by atoms with Crippen LogP contribution in [0.2, 0.25) is 0 Å². The molecule has 2 N–H and O–H groups in total. The Morgan fingerprint density at radius 1 is 1.69 bits per heavy atom. The third-order valence-electron chi connectivity index (χ3n) is 2.97. The Morgan fingerprint density at radius 3 is 3.25 bits per heavy atom. The van der Waals surface area contributed by atoms with E-state index in [1.807, 2.05) is 11.4 Å². The molecule has 1 atom stereocenters. The molecule has 4 heteroatoms. The predicted octanol–water partition coefficient (Wildman–Crippen LogP) is 1.79. The van der Waals surface area contributed by atoms with Gasteiger partial charge in [-0.2, -0.15) is 0 Å². The Labute approximate surface area is 100 Å². The van der Waals surface area contributed by atoms with Gasteiger partial charge >= 0.3 is 0 Å². The average Bonchev–Trinajstić information content (AvgIpc) is 2.78. The lowest BCUT2D eigenvalue weighted by atomic mass is 10.1. The Hall–Kier alpha value is -0.870. The third kappa shape index (κ3) is 2.62. The minimum absolute atomic E-state index is 0.0977. The molecule has 16 heavy (non-hydrogen) atoms. The lowest BCUT2D eigenvalue weighted by Gasteiger charge is -2.23. The molecule has 0 bridgehead atoms. The van der Waals surface area contributed by atoms with Crippen LogP contribution in [0.5, 0.6) is 0 Å². The number of piperidine rings is 1. The third-order valence-corrected chi connectivity index (χ3v) is 3.92. The second-order valence-corrected chi connectivity index (χ2v) is 5.06. The first-order valence-electron chi connectivity index (χ1n) is 5.89. The topological polar surface area (TPSA) is 41.1 Å². The van der Waals surface area contributed by atoms with Gasteiger partial charge in [0.15, 0.2) is 0 Å². The van der Waals surface area contributed by atoms with Crippen LogP contribution in [0, 0.1) is 0 Å². The number of aryl methyl sites for hydroxylation is 1. The highest BCUT2D eigenvalue weighted by molar-refractivity contribution is 7.12. The van der Waals surface area contributed by atoms with Crippen LogP contribution in [-0.2, 0) is 6.42 Å². The summed E-state index contributed by atoms with van der Waals surface area (Å²) in [6, 6.07) is 2.34. The van der Waals surface area contributed by atoms with Crippen LogP contribution >= 0.6 is 11.3 Å². The fourth-order valence-electron chi connectivity index (χ4n) is 2.04. The number of carbonyl (C=O) groups is 1. The van der Waals surface area contributed by atoms with Gasteiger partial charge in [-0.15, -0.1) is 11.3 Å². The van der Waals surface area contributed by atoms with Crippen LogP contribution in [0.25, 0.3) is 0 Å². The van der Waals surface area contributed by atoms with Gasteiger partial charge in [0.1, 0.15) is 0 Å². The number of rotatable bonds is 3. The van der Waals surface area contributed by atoms with Gasteiger partial charge in [-0.25, -0.2) is 0 Å². The SMILES string of the molecule is CCc1ccsc1C(=O)N[C@H]1CCCNC1. The first-order valence-corrected chi connectivity index (χ1v) is 6.77. The maximum absolute atomic E-state index is 12.0. The van der Waals surface area contributed by atoms with Crippen molar-refractivity contribution < 1.29 is 4.79 Å². The van der Waals surface area contributed by atoms with Crippen molar-refractivity contribution in [3.63, 3.8) is 0 Å². The van der Waals surface area contributed by atoms with E-state index in [0.717, 1.165) is 42.8 Å². The fourth-order valence-corrected chi connectivity index (χ4v) is 2.94. The highest BCUT2D eigenvalue weighted by atomic mass is 32.1. The summed E-state index contributed by atoms with van der Waals surface area (Å²) in [5.74, 6) is 0.0977. The van der Waals surface area contributed by atoms with E-state index < -0.39 is 0 Å². The van der Waals surface area contributed by atoms with E-state index in [0.29, 0.717) is 6.04 Å². The number of nitrogens with one attached hydrogen (secondary N) is 2.